The number of rotatable bonds is 3. The Kier molecular flexibility index (Phi) is 4.10. The number of benzene rings is 1. The van der Waals surface area contributed by atoms with Gasteiger partial charge in [-0.15, -0.1) is 0 Å². The zero-order chi connectivity index (χ0) is 13.1. The number of hydrogen-bond donors (Lipinski definition) is 0. The highest BCUT2D eigenvalue weighted by Crippen LogP contribution is 2.22. The van der Waals surface area contributed by atoms with Crippen LogP contribution in [0.3, 0.4) is 0 Å². The van der Waals surface area contributed by atoms with Crippen molar-refractivity contribution in [2.75, 3.05) is 6.61 Å². The molecule has 0 amide bonds. The number of halogens is 1. The van der Waals surface area contributed by atoms with Crippen LogP contribution < -0.4 is 0 Å². The first-order valence-electron chi connectivity index (χ1n) is 5.79. The molecule has 1 aromatic rings. The molecule has 0 aromatic heterocycles. The molecule has 5 heteroatoms. The van der Waals surface area contributed by atoms with E-state index in [-0.39, 0.29) is 17.1 Å². The number of nitriles is 1. The van der Waals surface area contributed by atoms with E-state index >= 15 is 0 Å². The van der Waals surface area contributed by atoms with Crippen LogP contribution in [0.2, 0.25) is 0 Å². The molecule has 96 valence electrons. The minimum atomic E-state index is -1.17. The zero-order valence-electron chi connectivity index (χ0n) is 10.1. The minimum absolute atomic E-state index is 0.0462. The van der Waals surface area contributed by atoms with E-state index in [1.165, 1.54) is 18.2 Å². The fourth-order valence-electron chi connectivity index (χ4n) is 2.07. The topological polar surface area (TPSA) is 50.1 Å². The van der Waals surface area contributed by atoms with Gasteiger partial charge in [0.05, 0.1) is 28.7 Å². The molecule has 1 heterocycles. The Balaban J connectivity index is 2.14. The molecule has 1 aromatic carbocycles. The molecule has 1 fully saturated rings. The van der Waals surface area contributed by atoms with Crippen molar-refractivity contribution in [2.24, 2.45) is 0 Å². The molecule has 3 atom stereocenters. The fourth-order valence-corrected chi connectivity index (χ4v) is 3.68. The van der Waals surface area contributed by atoms with E-state index in [4.69, 9.17) is 10.00 Å². The quantitative estimate of drug-likeness (QED) is 0.843. The first-order valence-corrected chi connectivity index (χ1v) is 7.17. The summed E-state index contributed by atoms with van der Waals surface area (Å²) >= 11 is 0. The second kappa shape index (κ2) is 5.59. The number of hydrogen-bond acceptors (Lipinski definition) is 3. The van der Waals surface area contributed by atoms with Gasteiger partial charge in [-0.3, -0.25) is 4.21 Å². The first-order chi connectivity index (χ1) is 8.61. The van der Waals surface area contributed by atoms with Crippen LogP contribution in [0.4, 0.5) is 4.39 Å². The van der Waals surface area contributed by atoms with E-state index in [2.05, 4.69) is 0 Å². The van der Waals surface area contributed by atoms with Gasteiger partial charge >= 0.3 is 0 Å². The molecule has 1 saturated heterocycles. The summed E-state index contributed by atoms with van der Waals surface area (Å²) in [5.74, 6) is -0.270. The van der Waals surface area contributed by atoms with Crippen LogP contribution in [0.25, 0.3) is 0 Å². The monoisotopic (exact) mass is 267 g/mol. The lowest BCUT2D eigenvalue weighted by Gasteiger charge is -2.14. The average molecular weight is 267 g/mol. The van der Waals surface area contributed by atoms with Crippen molar-refractivity contribution in [3.05, 3.63) is 35.1 Å². The molecule has 0 bridgehead atoms. The summed E-state index contributed by atoms with van der Waals surface area (Å²) in [6.45, 7) is 2.50. The summed E-state index contributed by atoms with van der Waals surface area (Å²) in [5, 5.41) is 8.73. The van der Waals surface area contributed by atoms with Gasteiger partial charge in [-0.25, -0.2) is 4.39 Å². The van der Waals surface area contributed by atoms with Crippen molar-refractivity contribution >= 4 is 10.8 Å². The number of ether oxygens (including phenoxy) is 1. The second-order valence-corrected chi connectivity index (χ2v) is 6.00. The first kappa shape index (κ1) is 13.2. The molecule has 18 heavy (non-hydrogen) atoms. The van der Waals surface area contributed by atoms with E-state index in [1.807, 2.05) is 13.0 Å². The Morgan fingerprint density at radius 1 is 1.61 bits per heavy atom. The molecular formula is C13H14FNO2S. The molecule has 3 unspecified atom stereocenters. The molecule has 0 N–H and O–H groups in total. The van der Waals surface area contributed by atoms with Gasteiger partial charge in [0.15, 0.2) is 0 Å². The smallest absolute Gasteiger partial charge is 0.127 e. The Morgan fingerprint density at radius 2 is 2.39 bits per heavy atom. The van der Waals surface area contributed by atoms with Crippen LogP contribution in [0.15, 0.2) is 18.2 Å². The van der Waals surface area contributed by atoms with Crippen molar-refractivity contribution in [1.82, 2.24) is 0 Å². The molecule has 0 radical (unpaired) electrons. The summed E-state index contributed by atoms with van der Waals surface area (Å²) in [6, 6.07) is 6.09. The lowest BCUT2D eigenvalue weighted by molar-refractivity contribution is 0.127. The third-order valence-corrected chi connectivity index (χ3v) is 5.01. The molecule has 1 aliphatic rings. The van der Waals surface area contributed by atoms with Crippen LogP contribution >= 0.6 is 0 Å². The largest absolute Gasteiger partial charge is 0.377 e. The highest BCUT2D eigenvalue weighted by atomic mass is 32.2. The summed E-state index contributed by atoms with van der Waals surface area (Å²) in [4.78, 5) is 0. The van der Waals surface area contributed by atoms with E-state index < -0.39 is 16.6 Å². The summed E-state index contributed by atoms with van der Waals surface area (Å²) in [5.41, 5.74) is 0.727. The normalized spacial score (nSPS) is 24.7. The summed E-state index contributed by atoms with van der Waals surface area (Å²) in [7, 11) is -1.17. The molecule has 0 spiro atoms. The molecule has 3 nitrogen and oxygen atoms in total. The van der Waals surface area contributed by atoms with Crippen molar-refractivity contribution in [3.8, 4) is 6.07 Å². The highest BCUT2D eigenvalue weighted by molar-refractivity contribution is 7.84. The maximum atomic E-state index is 13.6. The lowest BCUT2D eigenvalue weighted by atomic mass is 10.1. The van der Waals surface area contributed by atoms with Crippen LogP contribution in [0.1, 0.15) is 24.5 Å². The fraction of sp³-hybridized carbons (Fsp3) is 0.462. The lowest BCUT2D eigenvalue weighted by Crippen LogP contribution is -2.24. The zero-order valence-corrected chi connectivity index (χ0v) is 10.9. The SMILES string of the molecule is CC1OCCC1S(=O)Cc1cc(C#N)ccc1F. The molecule has 2 rings (SSSR count). The predicted molar refractivity (Wildman–Crippen MR) is 66.8 cm³/mol. The predicted octanol–water partition coefficient (Wildman–Crippen LogP) is 2.12. The Hall–Kier alpha value is -1.25. The standard InChI is InChI=1S/C13H14FNO2S/c1-9-13(4-5-17-9)18(16)8-11-6-10(7-15)2-3-12(11)14/h2-3,6,9,13H,4-5,8H2,1H3. The minimum Gasteiger partial charge on any atom is -0.377 e. The van der Waals surface area contributed by atoms with Gasteiger partial charge in [0, 0.05) is 23.0 Å². The number of nitrogens with zero attached hydrogens (tertiary/aromatic N) is 1. The highest BCUT2D eigenvalue weighted by Gasteiger charge is 2.29. The summed E-state index contributed by atoms with van der Waals surface area (Å²) < 4.78 is 31.1. The van der Waals surface area contributed by atoms with Crippen LogP contribution in [0.5, 0.6) is 0 Å². The van der Waals surface area contributed by atoms with Crippen LogP contribution in [-0.4, -0.2) is 22.2 Å². The van der Waals surface area contributed by atoms with E-state index in [0.29, 0.717) is 17.7 Å². The van der Waals surface area contributed by atoms with E-state index in [0.717, 1.165) is 6.42 Å². The second-order valence-electron chi connectivity index (χ2n) is 4.35. The summed E-state index contributed by atoms with van der Waals surface area (Å²) in [6.07, 6.45) is 0.695. The van der Waals surface area contributed by atoms with Crippen LogP contribution in [0, 0.1) is 17.1 Å². The van der Waals surface area contributed by atoms with Crippen LogP contribution in [-0.2, 0) is 21.3 Å². The van der Waals surface area contributed by atoms with Crippen molar-refractivity contribution in [3.63, 3.8) is 0 Å². The molecule has 0 saturated carbocycles. The van der Waals surface area contributed by atoms with E-state index in [1.54, 1.807) is 0 Å². The van der Waals surface area contributed by atoms with Gasteiger partial charge in [-0.1, -0.05) is 0 Å². The van der Waals surface area contributed by atoms with Gasteiger partial charge in [0.1, 0.15) is 5.82 Å². The maximum absolute atomic E-state index is 13.6. The molecular weight excluding hydrogens is 253 g/mol. The van der Waals surface area contributed by atoms with Crippen molar-refractivity contribution < 1.29 is 13.3 Å². The van der Waals surface area contributed by atoms with Gasteiger partial charge in [-0.2, -0.15) is 5.26 Å². The third-order valence-electron chi connectivity index (χ3n) is 3.12. The Morgan fingerprint density at radius 3 is 3.00 bits per heavy atom. The van der Waals surface area contributed by atoms with Gasteiger partial charge in [0.25, 0.3) is 0 Å². The molecule has 1 aliphatic heterocycles. The van der Waals surface area contributed by atoms with Gasteiger partial charge in [-0.05, 0) is 31.5 Å². The third kappa shape index (κ3) is 2.77. The molecule has 0 aliphatic carbocycles. The van der Waals surface area contributed by atoms with Crippen molar-refractivity contribution in [1.29, 1.82) is 5.26 Å². The Bertz CT molecular complexity index is 512. The van der Waals surface area contributed by atoms with Gasteiger partial charge in [0.2, 0.25) is 0 Å². The average Bonchev–Trinajstić information content (AvgIpc) is 2.78. The maximum Gasteiger partial charge on any atom is 0.127 e. The van der Waals surface area contributed by atoms with Gasteiger partial charge < -0.3 is 4.74 Å². The van der Waals surface area contributed by atoms with E-state index in [9.17, 15) is 8.60 Å². The van der Waals surface area contributed by atoms with Crippen molar-refractivity contribution in [2.45, 2.75) is 30.5 Å². The Labute approximate surface area is 108 Å².